The number of carbonyl (C=O) groups is 2. The Hall–Kier alpha value is -2.16. The van der Waals surface area contributed by atoms with Crippen molar-refractivity contribution in [3.05, 3.63) is 29.8 Å². The van der Waals surface area contributed by atoms with Gasteiger partial charge in [0.05, 0.1) is 0 Å². The summed E-state index contributed by atoms with van der Waals surface area (Å²) < 4.78 is 5.67. The Labute approximate surface area is 166 Å². The molecule has 158 valence electrons. The SMILES string of the molecule is CCc1cccc(OCC(O)CNCC2CCCN2CC)c1.O=C(O)C(=O)O. The maximum absolute atomic E-state index is 10.0. The van der Waals surface area contributed by atoms with E-state index in [0.29, 0.717) is 19.2 Å². The molecule has 0 radical (unpaired) electrons. The van der Waals surface area contributed by atoms with E-state index in [2.05, 4.69) is 30.1 Å². The number of aryl methyl sites for hydroxylation is 1. The average molecular weight is 396 g/mol. The van der Waals surface area contributed by atoms with E-state index >= 15 is 0 Å². The van der Waals surface area contributed by atoms with Gasteiger partial charge in [-0.1, -0.05) is 26.0 Å². The molecule has 0 amide bonds. The molecule has 2 atom stereocenters. The number of hydrogen-bond donors (Lipinski definition) is 4. The third-order valence-electron chi connectivity index (χ3n) is 4.60. The number of aliphatic carboxylic acids is 2. The van der Waals surface area contributed by atoms with Gasteiger partial charge in [0, 0.05) is 19.1 Å². The number of rotatable bonds is 9. The van der Waals surface area contributed by atoms with Crippen LogP contribution in [0.4, 0.5) is 0 Å². The molecule has 8 heteroatoms. The van der Waals surface area contributed by atoms with Crippen molar-refractivity contribution in [1.82, 2.24) is 10.2 Å². The molecule has 0 saturated carbocycles. The molecule has 0 aliphatic carbocycles. The summed E-state index contributed by atoms with van der Waals surface area (Å²) >= 11 is 0. The lowest BCUT2D eigenvalue weighted by Crippen LogP contribution is -2.41. The molecule has 1 aromatic rings. The fourth-order valence-corrected chi connectivity index (χ4v) is 3.07. The first kappa shape index (κ1) is 23.9. The first-order valence-electron chi connectivity index (χ1n) is 9.68. The third kappa shape index (κ3) is 9.16. The summed E-state index contributed by atoms with van der Waals surface area (Å²) in [6.07, 6.45) is 3.08. The second kappa shape index (κ2) is 13.1. The summed E-state index contributed by atoms with van der Waals surface area (Å²) in [6.45, 7) is 8.54. The molecule has 1 aliphatic heterocycles. The van der Waals surface area contributed by atoms with Crippen LogP contribution in [-0.2, 0) is 16.0 Å². The van der Waals surface area contributed by atoms with E-state index in [1.54, 1.807) is 0 Å². The van der Waals surface area contributed by atoms with Gasteiger partial charge in [-0.3, -0.25) is 4.90 Å². The van der Waals surface area contributed by atoms with Gasteiger partial charge in [0.25, 0.3) is 0 Å². The number of aliphatic hydroxyl groups is 1. The Morgan fingerprint density at radius 3 is 2.61 bits per heavy atom. The highest BCUT2D eigenvalue weighted by Gasteiger charge is 2.22. The van der Waals surface area contributed by atoms with Crippen molar-refractivity contribution < 1.29 is 29.6 Å². The first-order chi connectivity index (χ1) is 13.4. The highest BCUT2D eigenvalue weighted by atomic mass is 16.5. The minimum absolute atomic E-state index is 0.336. The lowest BCUT2D eigenvalue weighted by molar-refractivity contribution is -0.159. The number of hydrogen-bond acceptors (Lipinski definition) is 6. The normalized spacial score (nSPS) is 17.5. The molecule has 0 bridgehead atoms. The molecule has 0 spiro atoms. The number of nitrogens with zero attached hydrogens (tertiary/aromatic N) is 1. The maximum Gasteiger partial charge on any atom is 0.414 e. The maximum atomic E-state index is 10.0. The number of carboxylic acids is 2. The number of nitrogens with one attached hydrogen (secondary N) is 1. The highest BCUT2D eigenvalue weighted by molar-refractivity contribution is 6.27. The summed E-state index contributed by atoms with van der Waals surface area (Å²) in [5.74, 6) is -2.81. The van der Waals surface area contributed by atoms with Gasteiger partial charge in [-0.05, 0) is 50.0 Å². The number of likely N-dealkylation sites (tertiary alicyclic amines) is 1. The number of likely N-dealkylation sites (N-methyl/N-ethyl adjacent to an activating group) is 1. The zero-order valence-electron chi connectivity index (χ0n) is 16.6. The van der Waals surface area contributed by atoms with Gasteiger partial charge in [-0.25, -0.2) is 9.59 Å². The van der Waals surface area contributed by atoms with Crippen molar-refractivity contribution >= 4 is 11.9 Å². The zero-order chi connectivity index (χ0) is 20.9. The molecule has 1 aromatic carbocycles. The third-order valence-corrected chi connectivity index (χ3v) is 4.60. The van der Waals surface area contributed by atoms with Crippen LogP contribution in [-0.4, -0.2) is 77.1 Å². The Morgan fingerprint density at radius 2 is 2.00 bits per heavy atom. The van der Waals surface area contributed by atoms with Crippen LogP contribution in [0.2, 0.25) is 0 Å². The predicted molar refractivity (Wildman–Crippen MR) is 106 cm³/mol. The summed E-state index contributed by atoms with van der Waals surface area (Å²) in [6, 6.07) is 8.69. The van der Waals surface area contributed by atoms with Gasteiger partial charge in [-0.2, -0.15) is 0 Å². The number of carboxylic acid groups (broad SMARTS) is 2. The average Bonchev–Trinajstić information content (AvgIpc) is 3.14. The monoisotopic (exact) mass is 396 g/mol. The van der Waals surface area contributed by atoms with E-state index < -0.39 is 18.0 Å². The largest absolute Gasteiger partial charge is 0.491 e. The van der Waals surface area contributed by atoms with E-state index in [9.17, 15) is 5.11 Å². The van der Waals surface area contributed by atoms with Crippen molar-refractivity contribution in [1.29, 1.82) is 0 Å². The molecule has 0 aromatic heterocycles. The smallest absolute Gasteiger partial charge is 0.414 e. The van der Waals surface area contributed by atoms with Crippen LogP contribution in [0.1, 0.15) is 32.3 Å². The van der Waals surface area contributed by atoms with Crippen LogP contribution >= 0.6 is 0 Å². The Bertz CT molecular complexity index is 598. The molecule has 1 aliphatic rings. The summed E-state index contributed by atoms with van der Waals surface area (Å²) in [5, 5.41) is 28.2. The van der Waals surface area contributed by atoms with Crippen molar-refractivity contribution in [3.63, 3.8) is 0 Å². The molecule has 2 rings (SSSR count). The predicted octanol–water partition coefficient (Wildman–Crippen LogP) is 1.22. The molecule has 1 heterocycles. The summed E-state index contributed by atoms with van der Waals surface area (Å²) in [4.78, 5) is 20.7. The Morgan fingerprint density at radius 1 is 1.29 bits per heavy atom. The zero-order valence-corrected chi connectivity index (χ0v) is 16.6. The minimum Gasteiger partial charge on any atom is -0.491 e. The molecule has 2 unspecified atom stereocenters. The minimum atomic E-state index is -1.82. The van der Waals surface area contributed by atoms with Gasteiger partial charge >= 0.3 is 11.9 Å². The van der Waals surface area contributed by atoms with Crippen LogP contribution < -0.4 is 10.1 Å². The second-order valence-corrected chi connectivity index (χ2v) is 6.66. The molecular formula is C20H32N2O6. The Kier molecular flexibility index (Phi) is 11.2. The van der Waals surface area contributed by atoms with Crippen molar-refractivity contribution in [3.8, 4) is 5.75 Å². The van der Waals surface area contributed by atoms with E-state index in [4.69, 9.17) is 24.5 Å². The number of ether oxygens (including phenoxy) is 1. The van der Waals surface area contributed by atoms with E-state index in [0.717, 1.165) is 25.3 Å². The van der Waals surface area contributed by atoms with Gasteiger partial charge in [0.1, 0.15) is 18.5 Å². The number of aliphatic hydroxyl groups excluding tert-OH is 1. The summed E-state index contributed by atoms with van der Waals surface area (Å²) in [5.41, 5.74) is 1.26. The van der Waals surface area contributed by atoms with Gasteiger partial charge in [-0.15, -0.1) is 0 Å². The van der Waals surface area contributed by atoms with Gasteiger partial charge < -0.3 is 25.4 Å². The van der Waals surface area contributed by atoms with E-state index in [1.165, 1.54) is 24.9 Å². The molecule has 28 heavy (non-hydrogen) atoms. The van der Waals surface area contributed by atoms with E-state index in [-0.39, 0.29) is 0 Å². The van der Waals surface area contributed by atoms with Crippen LogP contribution in [0.25, 0.3) is 0 Å². The van der Waals surface area contributed by atoms with Crippen LogP contribution in [0.5, 0.6) is 5.75 Å². The van der Waals surface area contributed by atoms with Gasteiger partial charge in [0.15, 0.2) is 0 Å². The number of benzene rings is 1. The van der Waals surface area contributed by atoms with Crippen molar-refractivity contribution in [2.75, 3.05) is 32.8 Å². The lowest BCUT2D eigenvalue weighted by Gasteiger charge is -2.23. The van der Waals surface area contributed by atoms with Crippen LogP contribution in [0.15, 0.2) is 24.3 Å². The molecule has 8 nitrogen and oxygen atoms in total. The molecule has 1 fully saturated rings. The fourth-order valence-electron chi connectivity index (χ4n) is 3.07. The second-order valence-electron chi connectivity index (χ2n) is 6.66. The summed E-state index contributed by atoms with van der Waals surface area (Å²) in [7, 11) is 0. The standard InChI is InChI=1S/C18H30N2O2.C2H2O4/c1-3-15-7-5-9-18(11-15)22-14-17(21)13-19-12-16-8-6-10-20(16)4-2;3-1(4)2(5)6/h5,7,9,11,16-17,19,21H,3-4,6,8,10,12-14H2,1-2H3;(H,3,4)(H,5,6). The highest BCUT2D eigenvalue weighted by Crippen LogP contribution is 2.16. The first-order valence-corrected chi connectivity index (χ1v) is 9.68. The van der Waals surface area contributed by atoms with E-state index in [1.807, 2.05) is 18.2 Å². The topological polar surface area (TPSA) is 119 Å². The van der Waals surface area contributed by atoms with Crippen LogP contribution in [0.3, 0.4) is 0 Å². The molecule has 1 saturated heterocycles. The molecular weight excluding hydrogens is 364 g/mol. The lowest BCUT2D eigenvalue weighted by atomic mass is 10.2. The molecule has 4 N–H and O–H groups in total. The Balaban J connectivity index is 0.000000568. The fraction of sp³-hybridized carbons (Fsp3) is 0.600. The van der Waals surface area contributed by atoms with Gasteiger partial charge in [0.2, 0.25) is 0 Å². The van der Waals surface area contributed by atoms with Crippen LogP contribution in [0, 0.1) is 0 Å². The quantitative estimate of drug-likeness (QED) is 0.460. The van der Waals surface area contributed by atoms with Crippen molar-refractivity contribution in [2.24, 2.45) is 0 Å². The van der Waals surface area contributed by atoms with Crippen molar-refractivity contribution in [2.45, 2.75) is 45.3 Å².